The lowest BCUT2D eigenvalue weighted by atomic mass is 10.1. The summed E-state index contributed by atoms with van der Waals surface area (Å²) in [6, 6.07) is 21.8. The molecule has 2 heterocycles. The summed E-state index contributed by atoms with van der Waals surface area (Å²) >= 11 is 1.55. The molecule has 2 aromatic carbocycles. The molecule has 0 radical (unpaired) electrons. The summed E-state index contributed by atoms with van der Waals surface area (Å²) < 4.78 is 12.8. The minimum atomic E-state index is 0.669. The summed E-state index contributed by atoms with van der Waals surface area (Å²) in [5.74, 6) is 1.44. The first-order valence-electron chi connectivity index (χ1n) is 10.2. The van der Waals surface area contributed by atoms with E-state index in [2.05, 4.69) is 17.1 Å². The fraction of sp³-hybridized carbons (Fsp3) is 0.160. The highest BCUT2D eigenvalue weighted by Gasteiger charge is 2.13. The third kappa shape index (κ3) is 5.12. The van der Waals surface area contributed by atoms with Gasteiger partial charge in [-0.1, -0.05) is 36.4 Å². The molecule has 4 aromatic rings. The Morgan fingerprint density at radius 2 is 1.84 bits per heavy atom. The van der Waals surface area contributed by atoms with Crippen molar-refractivity contribution in [2.75, 3.05) is 20.8 Å². The zero-order valence-corrected chi connectivity index (χ0v) is 18.8. The van der Waals surface area contributed by atoms with Gasteiger partial charge in [0.2, 0.25) is 4.80 Å². The van der Waals surface area contributed by atoms with E-state index in [1.54, 1.807) is 38.0 Å². The standard InChI is InChI=1S/C25H24N4O2S/c1-30-21-11-12-22(24(16-21)31-2)23-18-32-25(27-15-13-19-8-4-3-5-9-19)29(23)28-17-20-10-6-7-14-26-20/h3-12,14,16-18H,13,15H2,1-2H3. The van der Waals surface area contributed by atoms with Crippen LogP contribution in [0.4, 0.5) is 0 Å². The monoisotopic (exact) mass is 444 g/mol. The van der Waals surface area contributed by atoms with Gasteiger partial charge in [-0.05, 0) is 36.2 Å². The average Bonchev–Trinajstić information content (AvgIpc) is 3.26. The number of methoxy groups -OCH3 is 2. The van der Waals surface area contributed by atoms with E-state index >= 15 is 0 Å². The van der Waals surface area contributed by atoms with Gasteiger partial charge in [-0.25, -0.2) is 4.68 Å². The number of rotatable bonds is 8. The van der Waals surface area contributed by atoms with Crippen molar-refractivity contribution in [2.45, 2.75) is 6.42 Å². The molecule has 0 aliphatic rings. The quantitative estimate of drug-likeness (QED) is 0.372. The van der Waals surface area contributed by atoms with Crippen LogP contribution in [0.5, 0.6) is 11.5 Å². The van der Waals surface area contributed by atoms with Gasteiger partial charge in [0.15, 0.2) is 0 Å². The van der Waals surface area contributed by atoms with Gasteiger partial charge in [0.05, 0.1) is 31.8 Å². The SMILES string of the molecule is COc1ccc(-c2csc(=NCCc3ccccc3)n2N=Cc2ccccn2)c(OC)c1. The number of thiazole rings is 1. The summed E-state index contributed by atoms with van der Waals surface area (Å²) in [5.41, 5.74) is 3.83. The molecule has 0 atom stereocenters. The van der Waals surface area contributed by atoms with Crippen LogP contribution >= 0.6 is 11.3 Å². The smallest absolute Gasteiger partial charge is 0.206 e. The second-order valence-electron chi connectivity index (χ2n) is 6.90. The first kappa shape index (κ1) is 21.5. The lowest BCUT2D eigenvalue weighted by Gasteiger charge is -2.10. The van der Waals surface area contributed by atoms with Crippen LogP contribution < -0.4 is 14.3 Å². The molecule has 2 aromatic heterocycles. The summed E-state index contributed by atoms with van der Waals surface area (Å²) in [4.78, 5) is 9.97. The van der Waals surface area contributed by atoms with Crippen LogP contribution in [0.2, 0.25) is 0 Å². The minimum absolute atomic E-state index is 0.669. The van der Waals surface area contributed by atoms with Crippen LogP contribution in [0.1, 0.15) is 11.3 Å². The maximum atomic E-state index is 5.62. The second kappa shape index (κ2) is 10.5. The van der Waals surface area contributed by atoms with Crippen molar-refractivity contribution in [2.24, 2.45) is 10.1 Å². The molecular weight excluding hydrogens is 420 g/mol. The molecule has 0 fully saturated rings. The Hall–Kier alpha value is -3.71. The number of pyridine rings is 1. The Kier molecular flexibility index (Phi) is 7.09. The molecule has 0 aliphatic carbocycles. The van der Waals surface area contributed by atoms with E-state index in [-0.39, 0.29) is 0 Å². The minimum Gasteiger partial charge on any atom is -0.497 e. The third-order valence-electron chi connectivity index (χ3n) is 4.85. The first-order valence-corrected chi connectivity index (χ1v) is 11.1. The van der Waals surface area contributed by atoms with Crippen LogP contribution in [-0.4, -0.2) is 36.6 Å². The van der Waals surface area contributed by atoms with Crippen molar-refractivity contribution >= 4 is 17.6 Å². The maximum absolute atomic E-state index is 5.62. The summed E-state index contributed by atoms with van der Waals surface area (Å²) in [5, 5.41) is 6.76. The van der Waals surface area contributed by atoms with E-state index in [9.17, 15) is 0 Å². The lowest BCUT2D eigenvalue weighted by Crippen LogP contribution is -2.13. The molecule has 0 unspecified atom stereocenters. The van der Waals surface area contributed by atoms with Gasteiger partial charge in [0, 0.05) is 29.8 Å². The van der Waals surface area contributed by atoms with Crippen molar-refractivity contribution in [1.82, 2.24) is 9.66 Å². The first-order chi connectivity index (χ1) is 15.8. The Bertz CT molecular complexity index is 1250. The molecule has 0 saturated carbocycles. The van der Waals surface area contributed by atoms with Gasteiger partial charge in [-0.3, -0.25) is 9.98 Å². The van der Waals surface area contributed by atoms with Crippen LogP contribution in [0.25, 0.3) is 11.3 Å². The fourth-order valence-electron chi connectivity index (χ4n) is 3.21. The van der Waals surface area contributed by atoms with Gasteiger partial charge in [0.1, 0.15) is 11.5 Å². The average molecular weight is 445 g/mol. The van der Waals surface area contributed by atoms with E-state index in [0.29, 0.717) is 12.3 Å². The Balaban J connectivity index is 1.73. The Morgan fingerprint density at radius 1 is 1.00 bits per heavy atom. The molecule has 162 valence electrons. The van der Waals surface area contributed by atoms with E-state index < -0.39 is 0 Å². The Labute approximate surface area is 191 Å². The predicted octanol–water partition coefficient (Wildman–Crippen LogP) is 4.65. The topological polar surface area (TPSA) is 61.0 Å². The molecule has 0 amide bonds. The Morgan fingerprint density at radius 3 is 2.59 bits per heavy atom. The van der Waals surface area contributed by atoms with Gasteiger partial charge in [-0.15, -0.1) is 11.3 Å². The number of aromatic nitrogens is 2. The summed E-state index contributed by atoms with van der Waals surface area (Å²) in [6.45, 7) is 0.669. The zero-order valence-electron chi connectivity index (χ0n) is 18.0. The van der Waals surface area contributed by atoms with Crippen LogP contribution in [0.15, 0.2) is 88.4 Å². The molecule has 0 spiro atoms. The van der Waals surface area contributed by atoms with E-state index in [1.807, 2.05) is 64.7 Å². The number of hydrogen-bond donors (Lipinski definition) is 0. The molecular formula is C25H24N4O2S. The number of ether oxygens (including phenoxy) is 2. The molecule has 7 heteroatoms. The van der Waals surface area contributed by atoms with Gasteiger partial charge < -0.3 is 9.47 Å². The van der Waals surface area contributed by atoms with E-state index in [0.717, 1.165) is 33.9 Å². The highest BCUT2D eigenvalue weighted by atomic mass is 32.1. The van der Waals surface area contributed by atoms with Crippen LogP contribution in [0, 0.1) is 0 Å². The van der Waals surface area contributed by atoms with Gasteiger partial charge >= 0.3 is 0 Å². The van der Waals surface area contributed by atoms with Crippen molar-refractivity contribution in [3.8, 4) is 22.8 Å². The summed E-state index contributed by atoms with van der Waals surface area (Å²) in [6.07, 6.45) is 4.35. The van der Waals surface area contributed by atoms with Crippen LogP contribution in [-0.2, 0) is 6.42 Å². The summed E-state index contributed by atoms with van der Waals surface area (Å²) in [7, 11) is 3.29. The molecule has 0 aliphatic heterocycles. The molecule has 4 rings (SSSR count). The normalized spacial score (nSPS) is 11.8. The van der Waals surface area contributed by atoms with Gasteiger partial charge in [0.25, 0.3) is 0 Å². The van der Waals surface area contributed by atoms with Crippen molar-refractivity contribution in [3.63, 3.8) is 0 Å². The number of benzene rings is 2. The highest BCUT2D eigenvalue weighted by Crippen LogP contribution is 2.33. The predicted molar refractivity (Wildman–Crippen MR) is 129 cm³/mol. The van der Waals surface area contributed by atoms with Crippen molar-refractivity contribution in [3.05, 3.63) is 94.4 Å². The molecule has 0 saturated heterocycles. The fourth-order valence-corrected chi connectivity index (χ4v) is 4.06. The number of nitrogens with zero attached hydrogens (tertiary/aromatic N) is 4. The zero-order chi connectivity index (χ0) is 22.2. The van der Waals surface area contributed by atoms with E-state index in [4.69, 9.17) is 19.6 Å². The molecule has 32 heavy (non-hydrogen) atoms. The van der Waals surface area contributed by atoms with Crippen LogP contribution in [0.3, 0.4) is 0 Å². The van der Waals surface area contributed by atoms with Gasteiger partial charge in [-0.2, -0.15) is 5.10 Å². The number of hydrogen-bond acceptors (Lipinski definition) is 6. The third-order valence-corrected chi connectivity index (χ3v) is 5.71. The van der Waals surface area contributed by atoms with Crippen molar-refractivity contribution < 1.29 is 9.47 Å². The highest BCUT2D eigenvalue weighted by molar-refractivity contribution is 7.07. The largest absolute Gasteiger partial charge is 0.497 e. The van der Waals surface area contributed by atoms with Crippen molar-refractivity contribution in [1.29, 1.82) is 0 Å². The second-order valence-corrected chi connectivity index (χ2v) is 7.73. The molecule has 0 bridgehead atoms. The van der Waals surface area contributed by atoms with E-state index in [1.165, 1.54) is 5.56 Å². The maximum Gasteiger partial charge on any atom is 0.206 e. The lowest BCUT2D eigenvalue weighted by molar-refractivity contribution is 0.395. The molecule has 6 nitrogen and oxygen atoms in total. The molecule has 0 N–H and O–H groups in total.